The van der Waals surface area contributed by atoms with Gasteiger partial charge < -0.3 is 26.6 Å². The highest BCUT2D eigenvalue weighted by molar-refractivity contribution is 6.24. The van der Waals surface area contributed by atoms with Crippen LogP contribution in [0.5, 0.6) is 0 Å². The number of pyridine rings is 1. The third-order valence-electron chi connectivity index (χ3n) is 7.38. The molecule has 0 amide bonds. The van der Waals surface area contributed by atoms with E-state index >= 15 is 0 Å². The number of allylic oxidation sites excluding steroid dienone is 1. The van der Waals surface area contributed by atoms with Gasteiger partial charge in [0, 0.05) is 40.5 Å². The highest BCUT2D eigenvalue weighted by atomic mass is 16.5. The molecule has 4 aliphatic rings. The Balaban J connectivity index is 1.21. The minimum atomic E-state index is -0.533. The van der Waals surface area contributed by atoms with Crippen LogP contribution < -0.4 is 32.3 Å². The van der Waals surface area contributed by atoms with Crippen molar-refractivity contribution in [3.63, 3.8) is 0 Å². The number of aromatic nitrogens is 3. The molecule has 0 radical (unpaired) electrons. The van der Waals surface area contributed by atoms with Crippen LogP contribution in [-0.4, -0.2) is 51.7 Å². The second-order valence-electron chi connectivity index (χ2n) is 9.66. The fourth-order valence-electron chi connectivity index (χ4n) is 5.36. The van der Waals surface area contributed by atoms with Crippen molar-refractivity contribution in [2.45, 2.75) is 31.0 Å². The van der Waals surface area contributed by atoms with Gasteiger partial charge in [0.1, 0.15) is 11.9 Å². The molecule has 0 saturated carbocycles. The number of nitrogens with one attached hydrogen (secondary N) is 3. The second kappa shape index (κ2) is 8.59. The molecule has 5 heterocycles. The number of nitrogens with zero attached hydrogens (tertiary/aromatic N) is 4. The fourth-order valence-corrected chi connectivity index (χ4v) is 5.36. The van der Waals surface area contributed by atoms with Crippen LogP contribution in [0, 0.1) is 0 Å². The number of ketones is 1. The van der Waals surface area contributed by atoms with E-state index in [-0.39, 0.29) is 11.8 Å². The summed E-state index contributed by atoms with van der Waals surface area (Å²) in [6.45, 7) is 2.00. The van der Waals surface area contributed by atoms with Gasteiger partial charge in [0.25, 0.3) is 0 Å². The smallest absolute Gasteiger partial charge is 0.221 e. The lowest BCUT2D eigenvalue weighted by Crippen LogP contribution is -2.34. The molecule has 1 fully saturated rings. The first-order valence-electron chi connectivity index (χ1n) is 12.5. The molecular formula is C27H26N8O2. The van der Waals surface area contributed by atoms with E-state index in [0.29, 0.717) is 28.9 Å². The zero-order valence-corrected chi connectivity index (χ0v) is 20.0. The molecule has 5 N–H and O–H groups in total. The summed E-state index contributed by atoms with van der Waals surface area (Å²) < 4.78 is 8.37. The molecule has 3 aromatic rings. The second-order valence-corrected chi connectivity index (χ2v) is 9.66. The van der Waals surface area contributed by atoms with Crippen LogP contribution in [-0.2, 0) is 9.53 Å². The van der Waals surface area contributed by atoms with E-state index < -0.39 is 6.10 Å². The number of benzene rings is 1. The zero-order valence-electron chi connectivity index (χ0n) is 20.0. The van der Waals surface area contributed by atoms with Gasteiger partial charge in [0.15, 0.2) is 11.9 Å². The van der Waals surface area contributed by atoms with Crippen molar-refractivity contribution in [3.8, 4) is 11.1 Å². The first-order chi connectivity index (χ1) is 18.1. The van der Waals surface area contributed by atoms with Gasteiger partial charge in [-0.2, -0.15) is 5.10 Å². The molecule has 37 heavy (non-hydrogen) atoms. The number of hydrogen-bond donors (Lipinski definition) is 4. The molecule has 1 saturated heterocycles. The number of carbonyl (C=O) groups excluding carboxylic acids is 1. The van der Waals surface area contributed by atoms with Crippen molar-refractivity contribution < 1.29 is 9.53 Å². The average Bonchev–Trinajstić information content (AvgIpc) is 3.68. The molecule has 0 spiro atoms. The molecular weight excluding hydrogens is 468 g/mol. The maximum Gasteiger partial charge on any atom is 0.221 e. The van der Waals surface area contributed by atoms with Gasteiger partial charge in [-0.15, -0.1) is 0 Å². The Morgan fingerprint density at radius 3 is 2.89 bits per heavy atom. The number of nitrogens with two attached hydrogens (primary N) is 1. The third kappa shape index (κ3) is 3.77. The van der Waals surface area contributed by atoms with Crippen LogP contribution in [0.4, 0.5) is 11.5 Å². The predicted molar refractivity (Wildman–Crippen MR) is 141 cm³/mol. The highest BCUT2D eigenvalue weighted by Gasteiger charge is 2.39. The van der Waals surface area contributed by atoms with E-state index in [1.807, 2.05) is 41.3 Å². The SMILES string of the molecule is Nc1ncc(-c2cnn(C3CCNCC3)c2)cc1C1=NC2C=CC(=O)/C(=c3/ccc4c(c3)NNC=4)C2O1. The topological polar surface area (TPSA) is 131 Å². The number of rotatable bonds is 3. The number of aliphatic imine (C=N–C) groups is 1. The summed E-state index contributed by atoms with van der Waals surface area (Å²) in [6, 6.07) is 7.87. The summed E-state index contributed by atoms with van der Waals surface area (Å²) in [6.07, 6.45) is 12.5. The minimum absolute atomic E-state index is 0.0854. The number of carbonyl (C=O) groups is 1. The van der Waals surface area contributed by atoms with Gasteiger partial charge in [-0.25, -0.2) is 9.98 Å². The molecule has 3 aliphatic heterocycles. The van der Waals surface area contributed by atoms with E-state index in [1.54, 1.807) is 18.3 Å². The maximum atomic E-state index is 13.0. The lowest BCUT2D eigenvalue weighted by atomic mass is 9.91. The minimum Gasteiger partial charge on any atom is -0.466 e. The van der Waals surface area contributed by atoms with Crippen molar-refractivity contribution >= 4 is 35.0 Å². The summed E-state index contributed by atoms with van der Waals surface area (Å²) >= 11 is 0. The Morgan fingerprint density at radius 2 is 2.00 bits per heavy atom. The third-order valence-corrected chi connectivity index (χ3v) is 7.38. The molecule has 7 rings (SSSR count). The summed E-state index contributed by atoms with van der Waals surface area (Å²) in [5, 5.41) is 9.83. The van der Waals surface area contributed by atoms with E-state index in [4.69, 9.17) is 15.5 Å². The van der Waals surface area contributed by atoms with Gasteiger partial charge in [-0.05, 0) is 49.4 Å². The molecule has 1 aliphatic carbocycles. The van der Waals surface area contributed by atoms with Crippen LogP contribution in [0.25, 0.3) is 22.9 Å². The van der Waals surface area contributed by atoms with Crippen molar-refractivity contribution in [1.29, 1.82) is 0 Å². The molecule has 10 heteroatoms. The summed E-state index contributed by atoms with van der Waals surface area (Å²) in [4.78, 5) is 22.2. The molecule has 10 nitrogen and oxygen atoms in total. The Hall–Kier alpha value is -4.44. The van der Waals surface area contributed by atoms with Gasteiger partial charge in [-0.3, -0.25) is 9.48 Å². The van der Waals surface area contributed by atoms with Gasteiger partial charge in [-0.1, -0.05) is 18.2 Å². The maximum absolute atomic E-state index is 13.0. The predicted octanol–water partition coefficient (Wildman–Crippen LogP) is 0.624. The number of hydrazine groups is 1. The molecule has 186 valence electrons. The first kappa shape index (κ1) is 21.8. The van der Waals surface area contributed by atoms with E-state index in [2.05, 4.69) is 32.4 Å². The van der Waals surface area contributed by atoms with Gasteiger partial charge in [0.05, 0.1) is 23.5 Å². The Morgan fingerprint density at radius 1 is 1.11 bits per heavy atom. The molecule has 0 bridgehead atoms. The van der Waals surface area contributed by atoms with Crippen LogP contribution in [0.3, 0.4) is 0 Å². The standard InChI is InChI=1S/C27H26N8O2/c28-26-20(9-17(11-30-26)18-13-32-35(14-18)19-5-7-29-8-6-19)27-33-21-3-4-23(36)24(25(21)37-27)15-1-2-16-12-31-34-22(16)10-15/h1-4,9-14,19,21,25,29,31,34H,5-8H2,(H2,28,30)/b24-15+. The zero-order chi connectivity index (χ0) is 24.9. The molecule has 2 aromatic heterocycles. The largest absolute Gasteiger partial charge is 0.466 e. The Bertz CT molecular complexity index is 1600. The number of ether oxygens (including phenoxy) is 1. The van der Waals surface area contributed by atoms with Crippen LogP contribution in [0.2, 0.25) is 0 Å². The quantitative estimate of drug-likeness (QED) is 0.417. The Labute approximate surface area is 212 Å². The molecule has 2 atom stereocenters. The van der Waals surface area contributed by atoms with E-state index in [0.717, 1.165) is 53.2 Å². The van der Waals surface area contributed by atoms with Crippen LogP contribution >= 0.6 is 0 Å². The van der Waals surface area contributed by atoms with Crippen molar-refractivity contribution in [3.05, 3.63) is 71.0 Å². The summed E-state index contributed by atoms with van der Waals surface area (Å²) in [7, 11) is 0. The van der Waals surface area contributed by atoms with E-state index in [9.17, 15) is 4.79 Å². The van der Waals surface area contributed by atoms with Gasteiger partial charge >= 0.3 is 0 Å². The van der Waals surface area contributed by atoms with Crippen LogP contribution in [0.1, 0.15) is 24.4 Å². The average molecular weight is 495 g/mol. The number of nitrogen functional groups attached to an aromatic ring is 1. The lowest BCUT2D eigenvalue weighted by molar-refractivity contribution is -0.110. The van der Waals surface area contributed by atoms with Gasteiger partial charge in [0.2, 0.25) is 5.90 Å². The van der Waals surface area contributed by atoms with Crippen molar-refractivity contribution in [1.82, 2.24) is 25.5 Å². The normalized spacial score (nSPS) is 23.9. The molecule has 1 aromatic carbocycles. The lowest BCUT2D eigenvalue weighted by Gasteiger charge is -2.22. The number of hydrogen-bond acceptors (Lipinski definition) is 9. The molecule has 2 unspecified atom stereocenters. The monoisotopic (exact) mass is 494 g/mol. The number of piperidine rings is 1. The fraction of sp³-hybridized carbons (Fsp3) is 0.259. The van der Waals surface area contributed by atoms with Crippen molar-refractivity contribution in [2.24, 2.45) is 4.99 Å². The van der Waals surface area contributed by atoms with Crippen molar-refractivity contribution in [2.75, 3.05) is 24.2 Å². The summed E-state index contributed by atoms with van der Waals surface area (Å²) in [5.74, 6) is 0.628. The first-order valence-corrected chi connectivity index (χ1v) is 12.5. The van der Waals surface area contributed by atoms with E-state index in [1.165, 1.54) is 0 Å². The van der Waals surface area contributed by atoms with Crippen LogP contribution in [0.15, 0.2) is 60.0 Å². The summed E-state index contributed by atoms with van der Waals surface area (Å²) in [5.41, 5.74) is 16.3. The Kier molecular flexibility index (Phi) is 5.07. The number of anilines is 2. The number of fused-ring (bicyclic) bond motifs is 2. The highest BCUT2D eigenvalue weighted by Crippen LogP contribution is 2.32.